The van der Waals surface area contributed by atoms with E-state index in [9.17, 15) is 4.79 Å². The van der Waals surface area contributed by atoms with E-state index in [4.69, 9.17) is 0 Å². The number of anilines is 1. The third kappa shape index (κ3) is 2.40. The summed E-state index contributed by atoms with van der Waals surface area (Å²) in [4.78, 5) is 24.0. The van der Waals surface area contributed by atoms with Gasteiger partial charge in [-0.3, -0.25) is 10.1 Å². The Morgan fingerprint density at radius 3 is 2.86 bits per heavy atom. The first kappa shape index (κ1) is 13.2. The van der Waals surface area contributed by atoms with Gasteiger partial charge in [0.05, 0.1) is 11.0 Å². The number of aromatic nitrogens is 3. The van der Waals surface area contributed by atoms with Crippen LogP contribution < -0.4 is 5.32 Å². The highest BCUT2D eigenvalue weighted by molar-refractivity contribution is 7.14. The minimum atomic E-state index is -0.267. The monoisotopic (exact) mass is 326 g/mol. The summed E-state index contributed by atoms with van der Waals surface area (Å²) in [5.74, 6) is 0.160. The molecule has 0 atom stereocenters. The average Bonchev–Trinajstić information content (AvgIpc) is 3.26. The summed E-state index contributed by atoms with van der Waals surface area (Å²) < 4.78 is 0. The van der Waals surface area contributed by atoms with Gasteiger partial charge in [-0.2, -0.15) is 11.3 Å². The Balaban J connectivity index is 1.57. The fraction of sp³-hybridized carbons (Fsp3) is 0. The predicted molar refractivity (Wildman–Crippen MR) is 89.5 cm³/mol. The first-order chi connectivity index (χ1) is 10.8. The minimum Gasteiger partial charge on any atom is -0.324 e. The van der Waals surface area contributed by atoms with Crippen LogP contribution in [-0.4, -0.2) is 20.9 Å². The van der Waals surface area contributed by atoms with E-state index in [0.29, 0.717) is 11.6 Å². The summed E-state index contributed by atoms with van der Waals surface area (Å²) in [6, 6.07) is 9.61. The van der Waals surface area contributed by atoms with Crippen molar-refractivity contribution in [2.75, 3.05) is 5.32 Å². The molecule has 0 aliphatic rings. The molecule has 4 aromatic rings. The third-order valence-electron chi connectivity index (χ3n) is 3.13. The molecule has 4 rings (SSSR count). The van der Waals surface area contributed by atoms with Crippen LogP contribution in [0.4, 0.5) is 5.95 Å². The molecular formula is C15H10N4OS2. The van der Waals surface area contributed by atoms with E-state index in [-0.39, 0.29) is 5.91 Å². The number of amides is 1. The number of imidazole rings is 1. The number of nitrogens with zero attached hydrogens (tertiary/aromatic N) is 2. The molecule has 108 valence electrons. The molecule has 0 bridgehead atoms. The molecule has 5 nitrogen and oxygen atoms in total. The molecule has 22 heavy (non-hydrogen) atoms. The molecular weight excluding hydrogens is 316 g/mol. The maximum absolute atomic E-state index is 12.2. The van der Waals surface area contributed by atoms with Crippen molar-refractivity contribution in [1.82, 2.24) is 15.0 Å². The molecule has 3 heterocycles. The molecule has 0 fully saturated rings. The van der Waals surface area contributed by atoms with Crippen molar-refractivity contribution >= 4 is 45.6 Å². The second-order valence-corrected chi connectivity index (χ2v) is 6.24. The van der Waals surface area contributed by atoms with E-state index in [1.165, 1.54) is 11.3 Å². The number of thiophene rings is 1. The van der Waals surface area contributed by atoms with Gasteiger partial charge in [-0.15, -0.1) is 11.3 Å². The van der Waals surface area contributed by atoms with Crippen LogP contribution in [0.25, 0.3) is 21.6 Å². The lowest BCUT2D eigenvalue weighted by Crippen LogP contribution is -2.13. The number of nitrogens with one attached hydrogen (secondary N) is 2. The number of H-pyrrole nitrogens is 1. The Bertz CT molecular complexity index is 906. The van der Waals surface area contributed by atoms with Crippen LogP contribution in [-0.2, 0) is 0 Å². The number of fused-ring (bicyclic) bond motifs is 1. The van der Waals surface area contributed by atoms with Crippen molar-refractivity contribution in [3.8, 4) is 10.6 Å². The molecule has 0 aliphatic carbocycles. The molecule has 7 heteroatoms. The summed E-state index contributed by atoms with van der Waals surface area (Å²) in [6.07, 6.45) is 0. The quantitative estimate of drug-likeness (QED) is 0.598. The first-order valence-corrected chi connectivity index (χ1v) is 8.36. The molecule has 0 unspecified atom stereocenters. The normalized spacial score (nSPS) is 10.9. The minimum absolute atomic E-state index is 0.267. The summed E-state index contributed by atoms with van der Waals surface area (Å²) in [5, 5.41) is 9.35. The number of thiazole rings is 1. The summed E-state index contributed by atoms with van der Waals surface area (Å²) in [6.45, 7) is 0. The van der Waals surface area contributed by atoms with Crippen molar-refractivity contribution in [2.45, 2.75) is 0 Å². The van der Waals surface area contributed by atoms with E-state index in [2.05, 4.69) is 20.3 Å². The molecule has 0 spiro atoms. The molecule has 0 saturated carbocycles. The lowest BCUT2D eigenvalue weighted by molar-refractivity contribution is 0.102. The lowest BCUT2D eigenvalue weighted by Gasteiger charge is -1.97. The topological polar surface area (TPSA) is 70.7 Å². The van der Waals surface area contributed by atoms with E-state index in [0.717, 1.165) is 21.6 Å². The Morgan fingerprint density at radius 2 is 2.05 bits per heavy atom. The number of hydrogen-bond donors (Lipinski definition) is 2. The fourth-order valence-corrected chi connectivity index (χ4v) is 3.59. The molecule has 1 aromatic carbocycles. The Morgan fingerprint density at radius 1 is 1.14 bits per heavy atom. The highest BCUT2D eigenvalue weighted by Crippen LogP contribution is 2.26. The van der Waals surface area contributed by atoms with Gasteiger partial charge in [-0.05, 0) is 23.6 Å². The number of benzene rings is 1. The number of rotatable bonds is 3. The van der Waals surface area contributed by atoms with Gasteiger partial charge in [-0.1, -0.05) is 12.1 Å². The van der Waals surface area contributed by atoms with Gasteiger partial charge in [-0.25, -0.2) is 9.97 Å². The maximum atomic E-state index is 12.2. The van der Waals surface area contributed by atoms with Gasteiger partial charge >= 0.3 is 0 Å². The standard InChI is InChI=1S/C15H10N4OS2/c20-13(12-8-22-14(16-12)9-5-6-21-7-9)19-15-17-10-3-1-2-4-11(10)18-15/h1-8H,(H2,17,18,19,20). The zero-order chi connectivity index (χ0) is 14.9. The highest BCUT2D eigenvalue weighted by atomic mass is 32.1. The number of carbonyl (C=O) groups is 1. The Kier molecular flexibility index (Phi) is 3.21. The molecule has 0 radical (unpaired) electrons. The number of hydrogen-bond acceptors (Lipinski definition) is 5. The van der Waals surface area contributed by atoms with Crippen LogP contribution in [0.5, 0.6) is 0 Å². The largest absolute Gasteiger partial charge is 0.324 e. The highest BCUT2D eigenvalue weighted by Gasteiger charge is 2.14. The van der Waals surface area contributed by atoms with Crippen LogP contribution in [0, 0.1) is 0 Å². The van der Waals surface area contributed by atoms with Crippen molar-refractivity contribution in [3.63, 3.8) is 0 Å². The number of para-hydroxylation sites is 2. The van der Waals surface area contributed by atoms with Gasteiger partial charge < -0.3 is 4.98 Å². The van der Waals surface area contributed by atoms with E-state index < -0.39 is 0 Å². The maximum Gasteiger partial charge on any atom is 0.277 e. The number of aromatic amines is 1. The third-order valence-corrected chi connectivity index (χ3v) is 4.70. The molecule has 2 N–H and O–H groups in total. The molecule has 1 amide bonds. The van der Waals surface area contributed by atoms with E-state index in [1.54, 1.807) is 16.7 Å². The first-order valence-electron chi connectivity index (χ1n) is 6.54. The van der Waals surface area contributed by atoms with Crippen molar-refractivity contribution in [1.29, 1.82) is 0 Å². The Labute approximate surface area is 133 Å². The van der Waals surface area contributed by atoms with Crippen molar-refractivity contribution in [2.24, 2.45) is 0 Å². The summed E-state index contributed by atoms with van der Waals surface area (Å²) >= 11 is 3.06. The van der Waals surface area contributed by atoms with Gasteiger partial charge in [0.2, 0.25) is 5.95 Å². The van der Waals surface area contributed by atoms with E-state index in [1.807, 2.05) is 41.1 Å². The summed E-state index contributed by atoms with van der Waals surface area (Å²) in [5.41, 5.74) is 3.13. The van der Waals surface area contributed by atoms with Crippen LogP contribution in [0.1, 0.15) is 10.5 Å². The van der Waals surface area contributed by atoms with Gasteiger partial charge in [0.1, 0.15) is 10.7 Å². The lowest BCUT2D eigenvalue weighted by atomic mass is 10.3. The fourth-order valence-electron chi connectivity index (χ4n) is 2.08. The van der Waals surface area contributed by atoms with E-state index >= 15 is 0 Å². The van der Waals surface area contributed by atoms with Crippen LogP contribution in [0.15, 0.2) is 46.5 Å². The van der Waals surface area contributed by atoms with Crippen LogP contribution in [0.2, 0.25) is 0 Å². The Hall–Kier alpha value is -2.51. The van der Waals surface area contributed by atoms with Crippen molar-refractivity contribution in [3.05, 3.63) is 52.2 Å². The summed E-state index contributed by atoms with van der Waals surface area (Å²) in [7, 11) is 0. The van der Waals surface area contributed by atoms with Crippen LogP contribution in [0.3, 0.4) is 0 Å². The SMILES string of the molecule is O=C(Nc1nc2ccccc2[nH]1)c1csc(-c2ccsc2)n1. The zero-order valence-corrected chi connectivity index (χ0v) is 12.9. The molecule has 0 aliphatic heterocycles. The smallest absolute Gasteiger partial charge is 0.277 e. The van der Waals surface area contributed by atoms with Crippen molar-refractivity contribution < 1.29 is 4.79 Å². The second kappa shape index (κ2) is 5.36. The van der Waals surface area contributed by atoms with Gasteiger partial charge in [0.25, 0.3) is 5.91 Å². The predicted octanol–water partition coefficient (Wildman–Crippen LogP) is 4.00. The molecule has 3 aromatic heterocycles. The molecule has 0 saturated heterocycles. The van der Waals surface area contributed by atoms with Gasteiger partial charge in [0, 0.05) is 16.3 Å². The zero-order valence-electron chi connectivity index (χ0n) is 11.2. The average molecular weight is 326 g/mol. The number of carbonyl (C=O) groups excluding carboxylic acids is 1. The van der Waals surface area contributed by atoms with Gasteiger partial charge in [0.15, 0.2) is 0 Å². The second-order valence-electron chi connectivity index (χ2n) is 4.61. The van der Waals surface area contributed by atoms with Crippen LogP contribution >= 0.6 is 22.7 Å².